The molecule has 1 fully saturated rings. The minimum Gasteiger partial charge on any atom is -0.315 e. The van der Waals surface area contributed by atoms with Crippen LogP contribution in [0.1, 0.15) is 18.4 Å². The van der Waals surface area contributed by atoms with Gasteiger partial charge in [-0.05, 0) is 42.1 Å². The lowest BCUT2D eigenvalue weighted by molar-refractivity contribution is 0.560. The maximum absolute atomic E-state index is 9.00. The topological polar surface area (TPSA) is 35.8 Å². The molecule has 1 N–H and O–H groups in total. The fourth-order valence-corrected chi connectivity index (χ4v) is 2.43. The van der Waals surface area contributed by atoms with Gasteiger partial charge in [0.05, 0.1) is 11.5 Å². The highest BCUT2D eigenvalue weighted by Crippen LogP contribution is 2.43. The molecule has 0 aliphatic heterocycles. The van der Waals surface area contributed by atoms with Crippen molar-refractivity contribution >= 4 is 10.8 Å². The minimum absolute atomic E-state index is 0.0383. The molecular formula is C17H18N2. The van der Waals surface area contributed by atoms with Crippen LogP contribution in [0, 0.1) is 16.7 Å². The number of rotatable bonds is 5. The van der Waals surface area contributed by atoms with Gasteiger partial charge >= 0.3 is 0 Å². The summed E-state index contributed by atoms with van der Waals surface area (Å²) in [4.78, 5) is 0. The van der Waals surface area contributed by atoms with Crippen molar-refractivity contribution < 1.29 is 0 Å². The van der Waals surface area contributed by atoms with Crippen molar-refractivity contribution in [1.29, 1.82) is 5.26 Å². The first-order valence-electron chi connectivity index (χ1n) is 6.91. The largest absolute Gasteiger partial charge is 0.315 e. The van der Waals surface area contributed by atoms with Crippen molar-refractivity contribution in [3.05, 3.63) is 48.0 Å². The van der Waals surface area contributed by atoms with Crippen LogP contribution in [0.15, 0.2) is 42.5 Å². The summed E-state index contributed by atoms with van der Waals surface area (Å²) in [6.45, 7) is 1.79. The Morgan fingerprint density at radius 1 is 1.11 bits per heavy atom. The molecule has 0 atom stereocenters. The summed E-state index contributed by atoms with van der Waals surface area (Å²) in [6, 6.07) is 17.5. The van der Waals surface area contributed by atoms with Gasteiger partial charge < -0.3 is 5.32 Å². The SMILES string of the molecule is N#CC1(CNCCc2ccc3ccccc3c2)CC1. The lowest BCUT2D eigenvalue weighted by Crippen LogP contribution is -2.25. The Balaban J connectivity index is 1.55. The highest BCUT2D eigenvalue weighted by atomic mass is 14.9. The highest BCUT2D eigenvalue weighted by molar-refractivity contribution is 5.82. The molecule has 1 aliphatic rings. The summed E-state index contributed by atoms with van der Waals surface area (Å²) < 4.78 is 0. The van der Waals surface area contributed by atoms with E-state index in [9.17, 15) is 0 Å². The van der Waals surface area contributed by atoms with E-state index >= 15 is 0 Å². The van der Waals surface area contributed by atoms with Crippen molar-refractivity contribution in [2.75, 3.05) is 13.1 Å². The van der Waals surface area contributed by atoms with Crippen molar-refractivity contribution in [3.63, 3.8) is 0 Å². The van der Waals surface area contributed by atoms with Gasteiger partial charge in [0.1, 0.15) is 0 Å². The van der Waals surface area contributed by atoms with E-state index in [1.54, 1.807) is 0 Å². The van der Waals surface area contributed by atoms with Gasteiger partial charge in [0, 0.05) is 6.54 Å². The van der Waals surface area contributed by atoms with E-state index in [0.717, 1.165) is 32.4 Å². The Bertz CT molecular complexity index is 620. The van der Waals surface area contributed by atoms with E-state index in [1.165, 1.54) is 16.3 Å². The summed E-state index contributed by atoms with van der Waals surface area (Å²) in [6.07, 6.45) is 3.14. The molecular weight excluding hydrogens is 232 g/mol. The van der Waals surface area contributed by atoms with E-state index in [4.69, 9.17) is 5.26 Å². The summed E-state index contributed by atoms with van der Waals surface area (Å²) in [5, 5.41) is 15.0. The molecule has 19 heavy (non-hydrogen) atoms. The van der Waals surface area contributed by atoms with Crippen molar-refractivity contribution in [2.24, 2.45) is 5.41 Å². The van der Waals surface area contributed by atoms with E-state index < -0.39 is 0 Å². The van der Waals surface area contributed by atoms with E-state index in [2.05, 4.69) is 53.9 Å². The first-order valence-corrected chi connectivity index (χ1v) is 6.91. The lowest BCUT2D eigenvalue weighted by Gasteiger charge is -2.08. The van der Waals surface area contributed by atoms with E-state index in [0.29, 0.717) is 0 Å². The van der Waals surface area contributed by atoms with Gasteiger partial charge in [0.25, 0.3) is 0 Å². The summed E-state index contributed by atoms with van der Waals surface area (Å²) in [5.41, 5.74) is 1.32. The number of nitrogens with zero attached hydrogens (tertiary/aromatic N) is 1. The number of hydrogen-bond donors (Lipinski definition) is 1. The predicted octanol–water partition coefficient (Wildman–Crippen LogP) is 3.28. The normalized spacial score (nSPS) is 16.2. The van der Waals surface area contributed by atoms with Gasteiger partial charge in [0.2, 0.25) is 0 Å². The molecule has 0 amide bonds. The molecule has 2 aromatic carbocycles. The molecule has 1 aliphatic carbocycles. The molecule has 0 radical (unpaired) electrons. The van der Waals surface area contributed by atoms with Gasteiger partial charge in [0.15, 0.2) is 0 Å². The Morgan fingerprint density at radius 2 is 1.89 bits per heavy atom. The van der Waals surface area contributed by atoms with Crippen LogP contribution in [0.2, 0.25) is 0 Å². The standard InChI is InChI=1S/C17H18N2/c18-12-17(8-9-17)13-19-10-7-14-5-6-15-3-1-2-4-16(15)11-14/h1-6,11,19H,7-10,13H2. The zero-order valence-corrected chi connectivity index (χ0v) is 11.0. The molecule has 2 heteroatoms. The van der Waals surface area contributed by atoms with Crippen molar-refractivity contribution in [1.82, 2.24) is 5.32 Å². The quantitative estimate of drug-likeness (QED) is 0.827. The molecule has 2 aromatic rings. The zero-order valence-electron chi connectivity index (χ0n) is 11.0. The van der Waals surface area contributed by atoms with Crippen LogP contribution >= 0.6 is 0 Å². The second-order valence-electron chi connectivity index (χ2n) is 5.50. The van der Waals surface area contributed by atoms with Gasteiger partial charge in [-0.25, -0.2) is 0 Å². The van der Waals surface area contributed by atoms with Crippen molar-refractivity contribution in [2.45, 2.75) is 19.3 Å². The Kier molecular flexibility index (Phi) is 3.23. The Labute approximate surface area is 114 Å². The summed E-state index contributed by atoms with van der Waals surface area (Å²) in [7, 11) is 0. The van der Waals surface area contributed by atoms with Gasteiger partial charge in [-0.3, -0.25) is 0 Å². The summed E-state index contributed by atoms with van der Waals surface area (Å²) >= 11 is 0. The van der Waals surface area contributed by atoms with Crippen LogP contribution in [0.3, 0.4) is 0 Å². The molecule has 96 valence electrons. The number of benzene rings is 2. The van der Waals surface area contributed by atoms with E-state index in [-0.39, 0.29) is 5.41 Å². The monoisotopic (exact) mass is 250 g/mol. The molecule has 0 spiro atoms. The average Bonchev–Trinajstić information content (AvgIpc) is 3.24. The fraction of sp³-hybridized carbons (Fsp3) is 0.353. The number of hydrogen-bond acceptors (Lipinski definition) is 2. The van der Waals surface area contributed by atoms with Crippen LogP contribution in [0.25, 0.3) is 10.8 Å². The third-order valence-electron chi connectivity index (χ3n) is 3.96. The van der Waals surface area contributed by atoms with Crippen LogP contribution in [0.5, 0.6) is 0 Å². The molecule has 0 unspecified atom stereocenters. The third-order valence-corrected chi connectivity index (χ3v) is 3.96. The van der Waals surface area contributed by atoms with Crippen LogP contribution in [-0.2, 0) is 6.42 Å². The maximum atomic E-state index is 9.00. The molecule has 0 saturated heterocycles. The lowest BCUT2D eigenvalue weighted by atomic mass is 10.0. The van der Waals surface area contributed by atoms with Crippen LogP contribution in [0.4, 0.5) is 0 Å². The number of fused-ring (bicyclic) bond motifs is 1. The number of nitrogens with one attached hydrogen (secondary N) is 1. The second kappa shape index (κ2) is 5.03. The second-order valence-corrected chi connectivity index (χ2v) is 5.50. The number of nitriles is 1. The Hall–Kier alpha value is -1.85. The molecule has 0 heterocycles. The first kappa shape index (κ1) is 12.2. The molecule has 3 rings (SSSR count). The van der Waals surface area contributed by atoms with Crippen LogP contribution < -0.4 is 5.32 Å². The van der Waals surface area contributed by atoms with Crippen molar-refractivity contribution in [3.8, 4) is 6.07 Å². The first-order chi connectivity index (χ1) is 9.31. The van der Waals surface area contributed by atoms with Crippen LogP contribution in [-0.4, -0.2) is 13.1 Å². The average molecular weight is 250 g/mol. The molecule has 2 nitrogen and oxygen atoms in total. The molecule has 0 bridgehead atoms. The minimum atomic E-state index is -0.0383. The highest BCUT2D eigenvalue weighted by Gasteiger charge is 2.42. The predicted molar refractivity (Wildman–Crippen MR) is 77.8 cm³/mol. The van der Waals surface area contributed by atoms with Gasteiger partial charge in [-0.15, -0.1) is 0 Å². The fourth-order valence-electron chi connectivity index (χ4n) is 2.43. The molecule has 0 aromatic heterocycles. The van der Waals surface area contributed by atoms with Gasteiger partial charge in [-0.1, -0.05) is 42.5 Å². The van der Waals surface area contributed by atoms with Gasteiger partial charge in [-0.2, -0.15) is 5.26 Å². The van der Waals surface area contributed by atoms with E-state index in [1.807, 2.05) is 0 Å². The Morgan fingerprint density at radius 3 is 2.63 bits per heavy atom. The third kappa shape index (κ3) is 2.77. The zero-order chi connectivity index (χ0) is 13.1. The maximum Gasteiger partial charge on any atom is 0.0703 e. The molecule has 1 saturated carbocycles. The smallest absolute Gasteiger partial charge is 0.0703 e. The summed E-state index contributed by atoms with van der Waals surface area (Å²) in [5.74, 6) is 0.